The van der Waals surface area contributed by atoms with Crippen LogP contribution in [0.4, 0.5) is 5.69 Å². The molecule has 0 spiro atoms. The minimum Gasteiger partial charge on any atom is -0.507 e. The van der Waals surface area contributed by atoms with Gasteiger partial charge in [-0.2, -0.15) is 5.10 Å². The van der Waals surface area contributed by atoms with Crippen LogP contribution in [-0.4, -0.2) is 60.5 Å². The Balaban J connectivity index is 1.26. The molecule has 1 aliphatic heterocycles. The molecular weight excluding hydrogens is 408 g/mol. The van der Waals surface area contributed by atoms with Crippen LogP contribution in [0.2, 0.25) is 0 Å². The van der Waals surface area contributed by atoms with Crippen LogP contribution in [0, 0.1) is 0 Å². The smallest absolute Gasteiger partial charge is 0.126 e. The zero-order valence-electron chi connectivity index (χ0n) is 19.5. The van der Waals surface area contributed by atoms with E-state index in [4.69, 9.17) is 0 Å². The highest BCUT2D eigenvalue weighted by Gasteiger charge is 2.33. The summed E-state index contributed by atoms with van der Waals surface area (Å²) in [7, 11) is 0. The first-order chi connectivity index (χ1) is 16.2. The first kappa shape index (κ1) is 21.5. The van der Waals surface area contributed by atoms with Gasteiger partial charge in [0.1, 0.15) is 5.75 Å². The quantitative estimate of drug-likeness (QED) is 0.550. The van der Waals surface area contributed by atoms with E-state index < -0.39 is 0 Å². The molecule has 1 N–H and O–H groups in total. The summed E-state index contributed by atoms with van der Waals surface area (Å²) in [4.78, 5) is 4.80. The number of hydrazone groups is 1. The van der Waals surface area contributed by atoms with Gasteiger partial charge in [0.05, 0.1) is 12.3 Å². The number of anilines is 1. The number of rotatable bonds is 6. The molecule has 0 atom stereocenters. The van der Waals surface area contributed by atoms with E-state index in [1.54, 1.807) is 6.21 Å². The van der Waals surface area contributed by atoms with Crippen LogP contribution in [0.5, 0.6) is 5.75 Å². The number of benzene rings is 3. The van der Waals surface area contributed by atoms with Crippen molar-refractivity contribution in [3.8, 4) is 16.9 Å². The molecule has 33 heavy (non-hydrogen) atoms. The molecule has 5 heteroatoms. The molecule has 3 aromatic carbocycles. The van der Waals surface area contributed by atoms with Gasteiger partial charge >= 0.3 is 0 Å². The third kappa shape index (κ3) is 4.09. The van der Waals surface area contributed by atoms with Gasteiger partial charge in [0.2, 0.25) is 0 Å². The number of fused-ring (bicyclic) bond motifs is 3. The fraction of sp³-hybridized carbons (Fsp3) is 0.321. The van der Waals surface area contributed by atoms with Gasteiger partial charge in [0, 0.05) is 56.6 Å². The predicted molar refractivity (Wildman–Crippen MR) is 136 cm³/mol. The zero-order chi connectivity index (χ0) is 22.8. The van der Waals surface area contributed by atoms with Crippen molar-refractivity contribution in [2.45, 2.75) is 19.9 Å². The Morgan fingerprint density at radius 3 is 2.06 bits per heavy atom. The minimum atomic E-state index is 0.279. The average molecular weight is 441 g/mol. The Morgan fingerprint density at radius 1 is 0.879 bits per heavy atom. The third-order valence-corrected chi connectivity index (χ3v) is 6.96. The van der Waals surface area contributed by atoms with E-state index in [0.717, 1.165) is 50.5 Å². The minimum absolute atomic E-state index is 0.279. The monoisotopic (exact) mass is 440 g/mol. The van der Waals surface area contributed by atoms with Crippen LogP contribution in [0.25, 0.3) is 11.1 Å². The summed E-state index contributed by atoms with van der Waals surface area (Å²) in [6, 6.07) is 23.8. The van der Waals surface area contributed by atoms with Crippen LogP contribution in [-0.2, 0) is 0 Å². The number of nitrogens with zero attached hydrogens (tertiary/aromatic N) is 4. The van der Waals surface area contributed by atoms with Gasteiger partial charge in [-0.25, -0.2) is 0 Å². The van der Waals surface area contributed by atoms with Crippen LogP contribution >= 0.6 is 0 Å². The summed E-state index contributed by atoms with van der Waals surface area (Å²) in [5.41, 5.74) is 7.35. The van der Waals surface area contributed by atoms with E-state index in [-0.39, 0.29) is 5.75 Å². The Labute approximate surface area is 196 Å². The van der Waals surface area contributed by atoms with Gasteiger partial charge in [-0.1, -0.05) is 48.5 Å². The second kappa shape index (κ2) is 9.28. The van der Waals surface area contributed by atoms with E-state index in [2.05, 4.69) is 88.4 Å². The molecule has 5 rings (SSSR count). The maximum absolute atomic E-state index is 10.5. The van der Waals surface area contributed by atoms with Crippen molar-refractivity contribution in [3.05, 3.63) is 83.4 Å². The van der Waals surface area contributed by atoms with Crippen LogP contribution in [0.1, 0.15) is 36.6 Å². The topological polar surface area (TPSA) is 42.3 Å². The molecule has 5 nitrogen and oxygen atoms in total. The maximum atomic E-state index is 10.5. The standard InChI is InChI=1S/C28H32N4O/c1-3-30(4-2)22-14-13-21(27(33)19-22)20-29-32-17-15-31(16-18-32)28-25-11-7-5-9-23(25)24-10-6-8-12-26(24)28/h5-14,19-20,28,33H,3-4,15-18H2,1-2H3/b29-20-. The van der Waals surface area contributed by atoms with Crippen molar-refractivity contribution in [2.75, 3.05) is 44.2 Å². The largest absolute Gasteiger partial charge is 0.507 e. The van der Waals surface area contributed by atoms with Crippen molar-refractivity contribution in [1.82, 2.24) is 9.91 Å². The number of hydrogen-bond donors (Lipinski definition) is 1. The Kier molecular flexibility index (Phi) is 6.05. The van der Waals surface area contributed by atoms with E-state index in [0.29, 0.717) is 6.04 Å². The Morgan fingerprint density at radius 2 is 1.48 bits per heavy atom. The molecule has 2 aliphatic rings. The van der Waals surface area contributed by atoms with Crippen molar-refractivity contribution >= 4 is 11.9 Å². The molecule has 0 amide bonds. The van der Waals surface area contributed by atoms with Crippen molar-refractivity contribution in [2.24, 2.45) is 5.10 Å². The summed E-state index contributed by atoms with van der Waals surface area (Å²) in [6.45, 7) is 9.74. The molecule has 0 bridgehead atoms. The van der Waals surface area contributed by atoms with Gasteiger partial charge in [-0.3, -0.25) is 9.91 Å². The van der Waals surface area contributed by atoms with Crippen molar-refractivity contribution < 1.29 is 5.11 Å². The zero-order valence-corrected chi connectivity index (χ0v) is 19.5. The molecule has 0 aromatic heterocycles. The molecule has 170 valence electrons. The van der Waals surface area contributed by atoms with E-state index in [1.165, 1.54) is 22.3 Å². The first-order valence-electron chi connectivity index (χ1n) is 12.0. The lowest BCUT2D eigenvalue weighted by Crippen LogP contribution is -2.45. The van der Waals surface area contributed by atoms with Crippen molar-refractivity contribution in [1.29, 1.82) is 0 Å². The highest BCUT2D eigenvalue weighted by molar-refractivity contribution is 5.84. The Bertz CT molecular complexity index is 1100. The van der Waals surface area contributed by atoms with E-state index >= 15 is 0 Å². The number of phenols is 1. The molecule has 1 aliphatic carbocycles. The van der Waals surface area contributed by atoms with Gasteiger partial charge in [0.15, 0.2) is 0 Å². The van der Waals surface area contributed by atoms with Crippen LogP contribution < -0.4 is 4.90 Å². The number of aromatic hydroxyl groups is 1. The van der Waals surface area contributed by atoms with Gasteiger partial charge in [0.25, 0.3) is 0 Å². The highest BCUT2D eigenvalue weighted by atomic mass is 16.3. The van der Waals surface area contributed by atoms with E-state index in [9.17, 15) is 5.11 Å². The van der Waals surface area contributed by atoms with Crippen LogP contribution in [0.15, 0.2) is 71.8 Å². The second-order valence-corrected chi connectivity index (χ2v) is 8.73. The molecule has 1 heterocycles. The molecule has 3 aromatic rings. The fourth-order valence-electron chi connectivity index (χ4n) is 5.18. The lowest BCUT2D eigenvalue weighted by molar-refractivity contribution is 0.114. The van der Waals surface area contributed by atoms with Crippen LogP contribution in [0.3, 0.4) is 0 Å². The summed E-state index contributed by atoms with van der Waals surface area (Å²) < 4.78 is 0. The number of hydrogen-bond acceptors (Lipinski definition) is 5. The molecule has 1 saturated heterocycles. The lowest BCUT2D eigenvalue weighted by Gasteiger charge is -2.37. The molecule has 0 unspecified atom stereocenters. The van der Waals surface area contributed by atoms with Crippen molar-refractivity contribution in [3.63, 3.8) is 0 Å². The van der Waals surface area contributed by atoms with Gasteiger partial charge < -0.3 is 10.0 Å². The predicted octanol–water partition coefficient (Wildman–Crippen LogP) is 4.96. The first-order valence-corrected chi connectivity index (χ1v) is 12.0. The third-order valence-electron chi connectivity index (χ3n) is 6.96. The van der Waals surface area contributed by atoms with E-state index in [1.807, 2.05) is 12.1 Å². The van der Waals surface area contributed by atoms with Gasteiger partial charge in [-0.05, 0) is 48.2 Å². The summed E-state index contributed by atoms with van der Waals surface area (Å²) in [5, 5.41) is 17.3. The molecular formula is C28H32N4O. The SMILES string of the molecule is CCN(CC)c1ccc(/C=N\N2CCN(C3c4ccccc4-c4ccccc43)CC2)c(O)c1. The fourth-order valence-corrected chi connectivity index (χ4v) is 5.18. The maximum Gasteiger partial charge on any atom is 0.126 e. The summed E-state index contributed by atoms with van der Waals surface area (Å²) in [5.74, 6) is 0.279. The normalized spacial score (nSPS) is 16.2. The molecule has 1 fully saturated rings. The second-order valence-electron chi connectivity index (χ2n) is 8.73. The lowest BCUT2D eigenvalue weighted by atomic mass is 10.0. The Hall–Kier alpha value is -3.31. The van der Waals surface area contributed by atoms with Gasteiger partial charge in [-0.15, -0.1) is 0 Å². The molecule has 0 saturated carbocycles. The number of piperazine rings is 1. The summed E-state index contributed by atoms with van der Waals surface area (Å²) in [6.07, 6.45) is 1.79. The average Bonchev–Trinajstić information content (AvgIpc) is 3.19. The summed E-state index contributed by atoms with van der Waals surface area (Å²) >= 11 is 0. The number of phenolic OH excluding ortho intramolecular Hbond substituents is 1. The highest BCUT2D eigenvalue weighted by Crippen LogP contribution is 2.46. The molecule has 0 radical (unpaired) electrons.